The van der Waals surface area contributed by atoms with Gasteiger partial charge < -0.3 is 10.1 Å². The van der Waals surface area contributed by atoms with Gasteiger partial charge in [0, 0.05) is 11.1 Å². The lowest BCUT2D eigenvalue weighted by Crippen LogP contribution is -2.02. The quantitative estimate of drug-likeness (QED) is 0.751. The molecule has 0 spiro atoms. The minimum Gasteiger partial charge on any atom is -0.465 e. The fourth-order valence-electron chi connectivity index (χ4n) is 2.11. The minimum atomic E-state index is -0.428. The summed E-state index contributed by atoms with van der Waals surface area (Å²) in [7, 11) is 1.32. The number of fused-ring (bicyclic) bond motifs is 1. The number of carbonyl (C=O) groups is 1. The molecule has 0 saturated heterocycles. The van der Waals surface area contributed by atoms with E-state index in [-0.39, 0.29) is 5.82 Å². The van der Waals surface area contributed by atoms with E-state index in [9.17, 15) is 9.18 Å². The number of esters is 1. The fourth-order valence-corrected chi connectivity index (χ4v) is 2.11. The van der Waals surface area contributed by atoms with Crippen LogP contribution in [0.2, 0.25) is 0 Å². The lowest BCUT2D eigenvalue weighted by Gasteiger charge is -2.09. The average Bonchev–Trinajstić information content (AvgIpc) is 2.55. The van der Waals surface area contributed by atoms with E-state index in [4.69, 9.17) is 0 Å². The molecule has 22 heavy (non-hydrogen) atoms. The maximum absolute atomic E-state index is 13.4. The van der Waals surface area contributed by atoms with Crippen molar-refractivity contribution in [2.24, 2.45) is 0 Å². The first-order valence-corrected chi connectivity index (χ1v) is 6.53. The van der Waals surface area contributed by atoms with E-state index in [2.05, 4.69) is 20.0 Å². The molecular formula is C16H12FN3O2. The Hall–Kier alpha value is -3.02. The van der Waals surface area contributed by atoms with Gasteiger partial charge in [-0.3, -0.25) is 0 Å². The highest BCUT2D eigenvalue weighted by atomic mass is 19.1. The zero-order valence-corrected chi connectivity index (χ0v) is 11.7. The summed E-state index contributed by atoms with van der Waals surface area (Å²) in [5.74, 6) is -0.331. The van der Waals surface area contributed by atoms with E-state index in [1.807, 2.05) is 0 Å². The molecule has 0 saturated carbocycles. The Labute approximate surface area is 125 Å². The molecule has 0 aliphatic heterocycles. The highest BCUT2D eigenvalue weighted by molar-refractivity contribution is 5.93. The van der Waals surface area contributed by atoms with Crippen molar-refractivity contribution in [3.05, 3.63) is 60.2 Å². The molecule has 1 N–H and O–H groups in total. The highest BCUT2D eigenvalue weighted by Gasteiger charge is 2.08. The van der Waals surface area contributed by atoms with Crippen molar-refractivity contribution >= 4 is 28.4 Å². The summed E-state index contributed by atoms with van der Waals surface area (Å²) in [5, 5.41) is 3.63. The summed E-state index contributed by atoms with van der Waals surface area (Å²) in [4.78, 5) is 19.8. The summed E-state index contributed by atoms with van der Waals surface area (Å²) in [5.41, 5.74) is 1.69. The van der Waals surface area contributed by atoms with Gasteiger partial charge in [0.1, 0.15) is 18.0 Å². The first kappa shape index (κ1) is 13.9. The number of hydrogen-bond acceptors (Lipinski definition) is 5. The van der Waals surface area contributed by atoms with Crippen LogP contribution in [0, 0.1) is 5.82 Å². The molecule has 0 fully saturated rings. The largest absolute Gasteiger partial charge is 0.465 e. The number of aromatic nitrogens is 2. The average molecular weight is 297 g/mol. The Bertz CT molecular complexity index is 852. The molecule has 110 valence electrons. The lowest BCUT2D eigenvalue weighted by atomic mass is 10.2. The Balaban J connectivity index is 2.00. The van der Waals surface area contributed by atoms with E-state index in [1.54, 1.807) is 30.3 Å². The number of nitrogens with one attached hydrogen (secondary N) is 1. The Morgan fingerprint density at radius 3 is 2.86 bits per heavy atom. The molecule has 2 aromatic carbocycles. The molecule has 6 heteroatoms. The molecule has 3 rings (SSSR count). The maximum Gasteiger partial charge on any atom is 0.337 e. The maximum atomic E-state index is 13.4. The van der Waals surface area contributed by atoms with Gasteiger partial charge in [0.05, 0.1) is 18.2 Å². The van der Waals surface area contributed by atoms with Gasteiger partial charge in [-0.25, -0.2) is 19.2 Å². The van der Waals surface area contributed by atoms with Gasteiger partial charge >= 0.3 is 5.97 Å². The summed E-state index contributed by atoms with van der Waals surface area (Å²) in [6, 6.07) is 11.1. The first-order valence-electron chi connectivity index (χ1n) is 6.53. The predicted octanol–water partition coefficient (Wildman–Crippen LogP) is 3.30. The van der Waals surface area contributed by atoms with E-state index < -0.39 is 5.97 Å². The van der Waals surface area contributed by atoms with Crippen LogP contribution in [0.15, 0.2) is 48.8 Å². The molecule has 1 aromatic heterocycles. The third kappa shape index (κ3) is 2.71. The number of nitrogens with zero attached hydrogens (tertiary/aromatic N) is 2. The summed E-state index contributed by atoms with van der Waals surface area (Å²) < 4.78 is 18.1. The molecule has 0 bridgehead atoms. The van der Waals surface area contributed by atoms with E-state index in [0.29, 0.717) is 28.0 Å². The van der Waals surface area contributed by atoms with Crippen LogP contribution in [0.1, 0.15) is 10.4 Å². The van der Waals surface area contributed by atoms with Crippen LogP contribution in [0.25, 0.3) is 10.9 Å². The van der Waals surface area contributed by atoms with E-state index in [0.717, 1.165) is 0 Å². The number of rotatable bonds is 3. The molecule has 1 heterocycles. The second-order valence-corrected chi connectivity index (χ2v) is 4.58. The van der Waals surface area contributed by atoms with Crippen LogP contribution in [0.3, 0.4) is 0 Å². The number of carbonyl (C=O) groups excluding carboxylic acids is 1. The van der Waals surface area contributed by atoms with Crippen molar-refractivity contribution in [2.45, 2.75) is 0 Å². The molecule has 3 aromatic rings. The first-order chi connectivity index (χ1) is 10.7. The van der Waals surface area contributed by atoms with Gasteiger partial charge in [-0.15, -0.1) is 0 Å². The second-order valence-electron chi connectivity index (χ2n) is 4.58. The van der Waals surface area contributed by atoms with Crippen molar-refractivity contribution in [1.29, 1.82) is 0 Å². The minimum absolute atomic E-state index is 0.367. The third-order valence-electron chi connectivity index (χ3n) is 3.14. The lowest BCUT2D eigenvalue weighted by molar-refractivity contribution is 0.0601. The molecular weight excluding hydrogens is 285 g/mol. The van der Waals surface area contributed by atoms with E-state index in [1.165, 1.54) is 25.6 Å². The van der Waals surface area contributed by atoms with Crippen LogP contribution < -0.4 is 5.32 Å². The second kappa shape index (κ2) is 5.77. The summed E-state index contributed by atoms with van der Waals surface area (Å²) in [6.07, 6.45) is 1.40. The molecule has 0 atom stereocenters. The van der Waals surface area contributed by atoms with Crippen LogP contribution in [-0.2, 0) is 4.74 Å². The SMILES string of the molecule is COC(=O)c1cccc(Nc2ncnc3ccc(F)cc23)c1. The van der Waals surface area contributed by atoms with Gasteiger partial charge in [-0.1, -0.05) is 6.07 Å². The third-order valence-corrected chi connectivity index (χ3v) is 3.14. The molecule has 0 aliphatic rings. The Morgan fingerprint density at radius 1 is 1.18 bits per heavy atom. The van der Waals surface area contributed by atoms with Gasteiger partial charge in [0.15, 0.2) is 0 Å². The van der Waals surface area contributed by atoms with Crippen LogP contribution >= 0.6 is 0 Å². The van der Waals surface area contributed by atoms with Crippen molar-refractivity contribution < 1.29 is 13.9 Å². The zero-order chi connectivity index (χ0) is 15.5. The van der Waals surface area contributed by atoms with Crippen molar-refractivity contribution in [3.63, 3.8) is 0 Å². The fraction of sp³-hybridized carbons (Fsp3) is 0.0625. The van der Waals surface area contributed by atoms with Crippen LogP contribution in [0.4, 0.5) is 15.9 Å². The van der Waals surface area contributed by atoms with Crippen molar-refractivity contribution in [1.82, 2.24) is 9.97 Å². The topological polar surface area (TPSA) is 64.1 Å². The van der Waals surface area contributed by atoms with Gasteiger partial charge in [-0.2, -0.15) is 0 Å². The predicted molar refractivity (Wildman–Crippen MR) is 80.6 cm³/mol. The summed E-state index contributed by atoms with van der Waals surface area (Å²) in [6.45, 7) is 0. The number of hydrogen-bond donors (Lipinski definition) is 1. The molecule has 5 nitrogen and oxygen atoms in total. The molecule has 0 amide bonds. The number of methoxy groups -OCH3 is 1. The summed E-state index contributed by atoms with van der Waals surface area (Å²) >= 11 is 0. The van der Waals surface area contributed by atoms with Crippen LogP contribution in [-0.4, -0.2) is 23.0 Å². The molecule has 0 radical (unpaired) electrons. The molecule has 0 aliphatic carbocycles. The van der Waals surface area contributed by atoms with Gasteiger partial charge in [-0.05, 0) is 36.4 Å². The standard InChI is InChI=1S/C16H12FN3O2/c1-22-16(21)10-3-2-4-12(7-10)20-15-13-8-11(17)5-6-14(13)18-9-19-15/h2-9H,1H3,(H,18,19,20). The highest BCUT2D eigenvalue weighted by Crippen LogP contribution is 2.24. The zero-order valence-electron chi connectivity index (χ0n) is 11.7. The molecule has 0 unspecified atom stereocenters. The Morgan fingerprint density at radius 2 is 2.05 bits per heavy atom. The van der Waals surface area contributed by atoms with Crippen molar-refractivity contribution in [3.8, 4) is 0 Å². The number of ether oxygens (including phenoxy) is 1. The van der Waals surface area contributed by atoms with Crippen molar-refractivity contribution in [2.75, 3.05) is 12.4 Å². The smallest absolute Gasteiger partial charge is 0.337 e. The van der Waals surface area contributed by atoms with Gasteiger partial charge in [0.25, 0.3) is 0 Å². The van der Waals surface area contributed by atoms with Crippen LogP contribution in [0.5, 0.6) is 0 Å². The number of halogens is 1. The Kier molecular flexibility index (Phi) is 3.65. The number of benzene rings is 2. The monoisotopic (exact) mass is 297 g/mol. The van der Waals surface area contributed by atoms with E-state index >= 15 is 0 Å². The van der Waals surface area contributed by atoms with Gasteiger partial charge in [0.2, 0.25) is 0 Å². The normalized spacial score (nSPS) is 10.5. The number of anilines is 2.